The van der Waals surface area contributed by atoms with Crippen molar-refractivity contribution in [1.82, 2.24) is 9.80 Å². The van der Waals surface area contributed by atoms with E-state index in [1.165, 1.54) is 29.5 Å². The number of hydrogen-bond donors (Lipinski definition) is 1. The predicted molar refractivity (Wildman–Crippen MR) is 151 cm³/mol. The lowest BCUT2D eigenvalue weighted by Crippen LogP contribution is -2.44. The van der Waals surface area contributed by atoms with Gasteiger partial charge in [0.05, 0.1) is 12.6 Å². The van der Waals surface area contributed by atoms with E-state index in [1.54, 1.807) is 12.1 Å². The number of nitrogens with zero attached hydrogens (tertiary/aromatic N) is 3. The summed E-state index contributed by atoms with van der Waals surface area (Å²) in [6.45, 7) is 11.0. The minimum atomic E-state index is -3.03. The van der Waals surface area contributed by atoms with Crippen LogP contribution in [0.25, 0.3) is 0 Å². The third-order valence-corrected chi connectivity index (χ3v) is 8.92. The van der Waals surface area contributed by atoms with E-state index in [0.717, 1.165) is 76.5 Å². The van der Waals surface area contributed by atoms with Gasteiger partial charge < -0.3 is 10.0 Å². The molecule has 0 aliphatic carbocycles. The first-order valence-electron chi connectivity index (χ1n) is 14.5. The van der Waals surface area contributed by atoms with Gasteiger partial charge in [-0.3, -0.25) is 9.80 Å². The Kier molecular flexibility index (Phi) is 8.22. The van der Waals surface area contributed by atoms with Gasteiger partial charge in [0.2, 0.25) is 0 Å². The average molecular weight is 560 g/mol. The molecule has 0 bridgehead atoms. The van der Waals surface area contributed by atoms with Gasteiger partial charge in [0.15, 0.2) is 0 Å². The Morgan fingerprint density at radius 3 is 2.40 bits per heavy atom. The molecule has 40 heavy (non-hydrogen) atoms. The van der Waals surface area contributed by atoms with Crippen molar-refractivity contribution in [2.75, 3.05) is 50.7 Å². The molecule has 0 amide bonds. The average Bonchev–Trinajstić information content (AvgIpc) is 3.05. The lowest BCUT2D eigenvalue weighted by molar-refractivity contribution is -0.0245. The minimum absolute atomic E-state index is 0.0442. The quantitative estimate of drug-likeness (QED) is 0.307. The maximum absolute atomic E-state index is 15.9. The number of phenolic OH excluding ortho intramolecular Hbond substituents is 1. The summed E-state index contributed by atoms with van der Waals surface area (Å²) in [7, 11) is 0. The lowest BCUT2D eigenvalue weighted by atomic mass is 9.74. The molecule has 8 heteroatoms. The highest BCUT2D eigenvalue weighted by atomic mass is 19.3. The molecule has 2 atom stereocenters. The minimum Gasteiger partial charge on any atom is -0.508 e. The maximum Gasteiger partial charge on any atom is 0.257 e. The molecule has 2 unspecified atom stereocenters. The summed E-state index contributed by atoms with van der Waals surface area (Å²) in [6, 6.07) is 6.35. The number of aromatic hydroxyl groups is 1. The van der Waals surface area contributed by atoms with Crippen LogP contribution in [0.1, 0.15) is 68.7 Å². The molecule has 0 saturated carbocycles. The fourth-order valence-corrected chi connectivity index (χ4v) is 7.29. The normalized spacial score (nSPS) is 24.6. The summed E-state index contributed by atoms with van der Waals surface area (Å²) < 4.78 is 60.1. The fourth-order valence-electron chi connectivity index (χ4n) is 7.29. The molecule has 218 valence electrons. The first-order chi connectivity index (χ1) is 18.9. The van der Waals surface area contributed by atoms with Crippen molar-refractivity contribution in [3.63, 3.8) is 0 Å². The Morgan fingerprint density at radius 2 is 1.73 bits per heavy atom. The molecule has 2 fully saturated rings. The number of rotatable bonds is 6. The monoisotopic (exact) mass is 559 g/mol. The van der Waals surface area contributed by atoms with Crippen LogP contribution in [0.15, 0.2) is 42.5 Å². The first-order valence-corrected chi connectivity index (χ1v) is 14.5. The Morgan fingerprint density at radius 1 is 1.02 bits per heavy atom. The van der Waals surface area contributed by atoms with E-state index in [0.29, 0.717) is 17.7 Å². The molecule has 1 spiro atoms. The van der Waals surface area contributed by atoms with Crippen LogP contribution < -0.4 is 4.90 Å². The smallest absolute Gasteiger partial charge is 0.257 e. The van der Waals surface area contributed by atoms with Gasteiger partial charge in [0, 0.05) is 50.9 Å². The number of fused-ring (bicyclic) bond motifs is 1. The van der Waals surface area contributed by atoms with Crippen molar-refractivity contribution < 1.29 is 22.7 Å². The number of halogens is 4. The summed E-state index contributed by atoms with van der Waals surface area (Å²) >= 11 is 0. The van der Waals surface area contributed by atoms with Crippen LogP contribution in [0.4, 0.5) is 23.2 Å². The van der Waals surface area contributed by atoms with Crippen LogP contribution in [-0.2, 0) is 6.42 Å². The zero-order chi connectivity index (χ0) is 28.7. The number of benzene rings is 2. The first kappa shape index (κ1) is 28.9. The Labute approximate surface area is 235 Å². The zero-order valence-electron chi connectivity index (χ0n) is 23.7. The van der Waals surface area contributed by atoms with Crippen LogP contribution in [0.3, 0.4) is 0 Å². The van der Waals surface area contributed by atoms with Crippen LogP contribution in [0, 0.1) is 17.0 Å². The number of phenols is 1. The number of anilines is 1. The second-order valence-electron chi connectivity index (χ2n) is 12.5. The summed E-state index contributed by atoms with van der Waals surface area (Å²) in [4.78, 5) is 6.02. The van der Waals surface area contributed by atoms with Gasteiger partial charge in [0.25, 0.3) is 5.92 Å². The fraction of sp³-hybridized carbons (Fsp3) is 0.562. The van der Waals surface area contributed by atoms with E-state index < -0.39 is 30.1 Å². The molecule has 3 aliphatic heterocycles. The molecule has 2 saturated heterocycles. The van der Waals surface area contributed by atoms with Gasteiger partial charge in [-0.05, 0) is 92.8 Å². The molecule has 0 aromatic heterocycles. The standard InChI is InChI=1S/C32H41F4N3O/c1-22(2)19-37-12-4-9-32(21-37)10-5-13-38(15-11-32)24-17-27(33)29(28(34)18-24)30-26-7-6-25(40)16-23(26)8-14-39(30)20-31(3,35)36/h6-7,16-18,30,40H,1,4-5,8-15,19-21H2,2-3H3. The number of hydrogen-bond acceptors (Lipinski definition) is 4. The highest BCUT2D eigenvalue weighted by Crippen LogP contribution is 2.43. The van der Waals surface area contributed by atoms with Crippen molar-refractivity contribution in [3.8, 4) is 5.75 Å². The highest BCUT2D eigenvalue weighted by Gasteiger charge is 2.39. The molecule has 4 nitrogen and oxygen atoms in total. The molecule has 2 aromatic rings. The van der Waals surface area contributed by atoms with Gasteiger partial charge in [-0.25, -0.2) is 17.6 Å². The van der Waals surface area contributed by atoms with E-state index in [-0.39, 0.29) is 23.3 Å². The van der Waals surface area contributed by atoms with Crippen LogP contribution in [-0.4, -0.2) is 66.6 Å². The van der Waals surface area contributed by atoms with Crippen molar-refractivity contribution in [3.05, 3.63) is 70.8 Å². The molecule has 3 aliphatic rings. The Bertz CT molecular complexity index is 1220. The van der Waals surface area contributed by atoms with Crippen LogP contribution >= 0.6 is 0 Å². The maximum atomic E-state index is 15.9. The topological polar surface area (TPSA) is 30.0 Å². The molecule has 3 heterocycles. The van der Waals surface area contributed by atoms with Crippen molar-refractivity contribution >= 4 is 5.69 Å². The van der Waals surface area contributed by atoms with E-state index in [9.17, 15) is 13.9 Å². The Balaban J connectivity index is 1.41. The van der Waals surface area contributed by atoms with Crippen molar-refractivity contribution in [2.45, 2.75) is 64.3 Å². The van der Waals surface area contributed by atoms with Crippen molar-refractivity contribution in [2.24, 2.45) is 5.41 Å². The number of alkyl halides is 2. The molecule has 1 N–H and O–H groups in total. The highest BCUT2D eigenvalue weighted by molar-refractivity contribution is 5.52. The molecular formula is C32H41F4N3O. The lowest BCUT2D eigenvalue weighted by Gasteiger charge is -2.43. The van der Waals surface area contributed by atoms with E-state index in [1.807, 2.05) is 0 Å². The predicted octanol–water partition coefficient (Wildman–Crippen LogP) is 6.92. The third kappa shape index (κ3) is 6.33. The number of likely N-dealkylation sites (tertiary alicyclic amines) is 1. The summed E-state index contributed by atoms with van der Waals surface area (Å²) in [5, 5.41) is 9.96. The van der Waals surface area contributed by atoms with Gasteiger partial charge >= 0.3 is 0 Å². The zero-order valence-corrected chi connectivity index (χ0v) is 23.7. The van der Waals surface area contributed by atoms with Gasteiger partial charge in [-0.15, -0.1) is 0 Å². The number of piperidine rings is 1. The Hall–Kier alpha value is -2.58. The van der Waals surface area contributed by atoms with Gasteiger partial charge in [-0.1, -0.05) is 18.2 Å². The molecule has 2 aromatic carbocycles. The largest absolute Gasteiger partial charge is 0.508 e. The van der Waals surface area contributed by atoms with Crippen molar-refractivity contribution in [1.29, 1.82) is 0 Å². The molecular weight excluding hydrogens is 518 g/mol. The van der Waals surface area contributed by atoms with E-state index >= 15 is 8.78 Å². The van der Waals surface area contributed by atoms with E-state index in [2.05, 4.69) is 23.3 Å². The van der Waals surface area contributed by atoms with E-state index in [4.69, 9.17) is 0 Å². The second kappa shape index (κ2) is 11.4. The van der Waals surface area contributed by atoms with Gasteiger partial charge in [0.1, 0.15) is 17.4 Å². The molecule has 5 rings (SSSR count). The summed E-state index contributed by atoms with van der Waals surface area (Å²) in [5.74, 6) is -4.44. The SMILES string of the molecule is C=C(C)CN1CCCC2(CCCN(c3cc(F)c(C4c5ccc(O)cc5CCN4CC(C)(F)F)c(F)c3)CC2)C1. The van der Waals surface area contributed by atoms with Crippen LogP contribution in [0.2, 0.25) is 0 Å². The van der Waals surface area contributed by atoms with Gasteiger partial charge in [-0.2, -0.15) is 0 Å². The summed E-state index contributed by atoms with van der Waals surface area (Å²) in [5.41, 5.74) is 2.93. The molecule has 0 radical (unpaired) electrons. The van der Waals surface area contributed by atoms with Crippen LogP contribution in [0.5, 0.6) is 5.75 Å². The third-order valence-electron chi connectivity index (χ3n) is 8.92. The second-order valence-corrected chi connectivity index (χ2v) is 12.5. The summed E-state index contributed by atoms with van der Waals surface area (Å²) in [6.07, 6.45) is 5.74.